The molecule has 3 fully saturated rings. The second-order valence-corrected chi connectivity index (χ2v) is 26.6. The Morgan fingerprint density at radius 2 is 0.622 bits per heavy atom. The van der Waals surface area contributed by atoms with Crippen molar-refractivity contribution in [1.29, 1.82) is 0 Å². The molecule has 3 aliphatic rings. The van der Waals surface area contributed by atoms with Gasteiger partial charge in [0, 0.05) is 49.9 Å². The summed E-state index contributed by atoms with van der Waals surface area (Å²) in [5, 5.41) is 0. The maximum Gasteiger partial charge on any atom is 0.249 e. The molecule has 9 rings (SSSR count). The molecule has 480 valence electrons. The summed E-state index contributed by atoms with van der Waals surface area (Å²) in [5.74, 6) is -28.1. The van der Waals surface area contributed by atoms with Crippen LogP contribution in [0.15, 0.2) is 118 Å². The average Bonchev–Trinajstić information content (AvgIpc) is 1.57. The van der Waals surface area contributed by atoms with Crippen molar-refractivity contribution >= 4 is 65.6 Å². The number of sulfonamides is 3. The van der Waals surface area contributed by atoms with E-state index in [1.54, 1.807) is 91.0 Å². The third kappa shape index (κ3) is 16.7. The number of hydrogen-bond donors (Lipinski definition) is 0. The SMILES string of the molecule is CC(=O)/C=C/c1ccc(CN(C2CC2)S(=O)(=O)c2c(F)c(F)c(F)c(F)c2F)cc1.CC(=O)/C=C/c1ccc(CN(C2CC2)S(=O)(=O)c2cc(F)c(F)c(F)c2F)cc1.CC(=O)/C=C/c1ccc(CN(C2CCCC2)S(=O)(=O)c2cc(F)c(F)c(F)c2F)cc1. The Labute approximate surface area is 509 Å². The van der Waals surface area contributed by atoms with E-state index in [0.29, 0.717) is 60.8 Å². The number of benzene rings is 6. The molecule has 12 nitrogen and oxygen atoms in total. The number of halogens is 13. The van der Waals surface area contributed by atoms with Crippen LogP contribution in [0.1, 0.15) is 106 Å². The second-order valence-electron chi connectivity index (χ2n) is 21.1. The lowest BCUT2D eigenvalue weighted by Gasteiger charge is -2.28. The van der Waals surface area contributed by atoms with E-state index in [2.05, 4.69) is 0 Å². The van der Waals surface area contributed by atoms with Gasteiger partial charge in [-0.1, -0.05) is 104 Å². The smallest absolute Gasteiger partial charge is 0.249 e. The molecule has 90 heavy (non-hydrogen) atoms. The molecule has 0 aromatic heterocycles. The van der Waals surface area contributed by atoms with Gasteiger partial charge in [-0.25, -0.2) is 82.3 Å². The van der Waals surface area contributed by atoms with Crippen LogP contribution >= 0.6 is 0 Å². The van der Waals surface area contributed by atoms with Crippen molar-refractivity contribution in [1.82, 2.24) is 12.9 Å². The molecule has 0 unspecified atom stereocenters. The number of carbonyl (C=O) groups excluding carboxylic acids is 3. The van der Waals surface area contributed by atoms with E-state index in [1.165, 1.54) is 39.0 Å². The first-order chi connectivity index (χ1) is 42.2. The van der Waals surface area contributed by atoms with E-state index in [9.17, 15) is 96.7 Å². The van der Waals surface area contributed by atoms with Gasteiger partial charge in [0.05, 0.1) is 0 Å². The molecule has 0 heterocycles. The van der Waals surface area contributed by atoms with Gasteiger partial charge in [-0.05, 0) is 111 Å². The minimum atomic E-state index is -5.01. The van der Waals surface area contributed by atoms with Crippen molar-refractivity contribution < 1.29 is 96.7 Å². The normalized spacial score (nSPS) is 14.9. The molecule has 6 aromatic rings. The van der Waals surface area contributed by atoms with Crippen LogP contribution in [0.25, 0.3) is 18.2 Å². The first-order valence-electron chi connectivity index (χ1n) is 27.3. The van der Waals surface area contributed by atoms with Gasteiger partial charge < -0.3 is 0 Å². The molecule has 28 heteroatoms. The fraction of sp³-hybridized carbons (Fsp3) is 0.274. The van der Waals surface area contributed by atoms with Gasteiger partial charge in [-0.2, -0.15) is 12.9 Å². The molecule has 0 radical (unpaired) electrons. The maximum atomic E-state index is 14.3. The summed E-state index contributed by atoms with van der Waals surface area (Å²) in [6, 6.07) is 18.4. The molecule has 0 amide bonds. The monoisotopic (exact) mass is 1330 g/mol. The molecular weight excluding hydrogens is 1270 g/mol. The summed E-state index contributed by atoms with van der Waals surface area (Å²) in [6.45, 7) is 3.58. The molecule has 0 atom stereocenters. The number of hydrogen-bond acceptors (Lipinski definition) is 9. The molecule has 0 aliphatic heterocycles. The molecule has 3 aliphatic carbocycles. The van der Waals surface area contributed by atoms with Crippen LogP contribution in [-0.2, 0) is 64.1 Å². The van der Waals surface area contributed by atoms with Crippen molar-refractivity contribution in [3.05, 3.63) is 212 Å². The molecule has 0 N–H and O–H groups in total. The van der Waals surface area contributed by atoms with E-state index >= 15 is 0 Å². The van der Waals surface area contributed by atoms with Crippen molar-refractivity contribution in [3.63, 3.8) is 0 Å². The predicted octanol–water partition coefficient (Wildman–Crippen LogP) is 13.5. The van der Waals surface area contributed by atoms with Crippen molar-refractivity contribution in [2.24, 2.45) is 0 Å². The Bertz CT molecular complexity index is 4130. The van der Waals surface area contributed by atoms with E-state index < -0.39 is 139 Å². The Kier molecular flexibility index (Phi) is 22.6. The molecule has 0 spiro atoms. The highest BCUT2D eigenvalue weighted by Crippen LogP contribution is 2.39. The van der Waals surface area contributed by atoms with Crippen LogP contribution in [0.2, 0.25) is 0 Å². The zero-order valence-electron chi connectivity index (χ0n) is 47.7. The van der Waals surface area contributed by atoms with Crippen LogP contribution in [0.3, 0.4) is 0 Å². The lowest BCUT2D eigenvalue weighted by Crippen LogP contribution is -2.39. The van der Waals surface area contributed by atoms with Gasteiger partial charge in [0.15, 0.2) is 92.1 Å². The number of ketones is 3. The minimum absolute atomic E-state index is 0.122. The lowest BCUT2D eigenvalue weighted by molar-refractivity contribution is -0.113. The zero-order chi connectivity index (χ0) is 66.3. The van der Waals surface area contributed by atoms with Crippen molar-refractivity contribution in [3.8, 4) is 0 Å². The van der Waals surface area contributed by atoms with Crippen LogP contribution in [0.5, 0.6) is 0 Å². The van der Waals surface area contributed by atoms with Gasteiger partial charge in [-0.3, -0.25) is 14.4 Å². The summed E-state index contributed by atoms with van der Waals surface area (Å²) >= 11 is 0. The van der Waals surface area contributed by atoms with E-state index in [1.807, 2.05) is 0 Å². The largest absolute Gasteiger partial charge is 0.295 e. The summed E-state index contributed by atoms with van der Waals surface area (Å²) < 4.78 is 259. The molecule has 0 bridgehead atoms. The lowest BCUT2D eigenvalue weighted by atomic mass is 10.1. The Morgan fingerprint density at radius 3 is 0.900 bits per heavy atom. The summed E-state index contributed by atoms with van der Waals surface area (Å²) in [7, 11) is -14.3. The van der Waals surface area contributed by atoms with Crippen LogP contribution in [0.4, 0.5) is 57.1 Å². The zero-order valence-corrected chi connectivity index (χ0v) is 50.2. The molecular formula is C62H54F13N3O9S3. The first kappa shape index (κ1) is 69.8. The van der Waals surface area contributed by atoms with Crippen molar-refractivity contribution in [2.75, 3.05) is 0 Å². The molecule has 3 saturated carbocycles. The molecule has 0 saturated heterocycles. The fourth-order valence-electron chi connectivity index (χ4n) is 9.19. The fourth-order valence-corrected chi connectivity index (χ4v) is 14.5. The second kappa shape index (κ2) is 29.1. The Balaban J connectivity index is 0.000000192. The topological polar surface area (TPSA) is 163 Å². The quantitative estimate of drug-likeness (QED) is 0.0295. The maximum absolute atomic E-state index is 14.3. The predicted molar refractivity (Wildman–Crippen MR) is 304 cm³/mol. The first-order valence-corrected chi connectivity index (χ1v) is 31.6. The van der Waals surface area contributed by atoms with E-state index in [-0.39, 0.29) is 49.1 Å². The summed E-state index contributed by atoms with van der Waals surface area (Å²) in [5.41, 5.74) is 3.67. The van der Waals surface area contributed by atoms with Crippen LogP contribution in [-0.4, -0.2) is 73.6 Å². The average molecular weight is 1330 g/mol. The van der Waals surface area contributed by atoms with Gasteiger partial charge in [0.1, 0.15) is 9.79 Å². The van der Waals surface area contributed by atoms with Crippen LogP contribution in [0, 0.1) is 75.6 Å². The highest BCUT2D eigenvalue weighted by atomic mass is 32.2. The Hall–Kier alpha value is -7.63. The highest BCUT2D eigenvalue weighted by molar-refractivity contribution is 7.89. The molecule has 6 aromatic carbocycles. The van der Waals surface area contributed by atoms with Gasteiger partial charge in [-0.15, -0.1) is 0 Å². The Morgan fingerprint density at radius 1 is 0.367 bits per heavy atom. The van der Waals surface area contributed by atoms with Gasteiger partial charge in [0.2, 0.25) is 35.9 Å². The number of nitrogens with zero attached hydrogens (tertiary/aromatic N) is 3. The van der Waals surface area contributed by atoms with E-state index in [4.69, 9.17) is 0 Å². The number of allylic oxidation sites excluding steroid dienone is 3. The van der Waals surface area contributed by atoms with Gasteiger partial charge >= 0.3 is 0 Å². The van der Waals surface area contributed by atoms with Crippen molar-refractivity contribution in [2.45, 2.75) is 125 Å². The van der Waals surface area contributed by atoms with E-state index in [0.717, 1.165) is 36.9 Å². The summed E-state index contributed by atoms with van der Waals surface area (Å²) in [4.78, 5) is 28.7. The number of carbonyl (C=O) groups is 3. The minimum Gasteiger partial charge on any atom is -0.295 e. The van der Waals surface area contributed by atoms with Gasteiger partial charge in [0.25, 0.3) is 0 Å². The third-order valence-corrected chi connectivity index (χ3v) is 19.9. The highest BCUT2D eigenvalue weighted by Gasteiger charge is 2.44. The summed E-state index contributed by atoms with van der Waals surface area (Å²) in [6.07, 6.45) is 13.3. The number of rotatable bonds is 21. The third-order valence-electron chi connectivity index (χ3n) is 14.2. The standard InChI is InChI=1S/C22H21F4NO3S.C20H16F5NO3S.C20H17F4NO3S/c1-14(28)6-7-15-8-10-16(11-9-15)13-27(17-4-2-3-5-17)31(29,30)19-12-18(23)20(24)22(26)21(19)25;1-11(27)2-3-12-4-6-13(7-5-12)10-26(14-8-9-14)30(28,29)20-18(24)16(22)15(21)17(23)19(20)25;1-12(26)2-3-13-4-6-14(7-5-13)11-25(15-8-9-15)29(27,28)17-10-16(21)18(22)20(24)19(17)23/h6-12,17H,2-5,13H2,1H3;2-7,14H,8-10H2,1H3;2-7,10,15H,8-9,11H2,1H3/b7-6+;2*3-2+. The van der Waals surface area contributed by atoms with Crippen LogP contribution < -0.4 is 0 Å².